The molecule has 0 amide bonds. The number of aliphatic hydroxyl groups is 1. The first-order chi connectivity index (χ1) is 11.6. The summed E-state index contributed by atoms with van der Waals surface area (Å²) in [4.78, 5) is 22.3. The fraction of sp³-hybridized carbons (Fsp3) is 0.688. The van der Waals surface area contributed by atoms with E-state index in [0.29, 0.717) is 44.2 Å². The van der Waals surface area contributed by atoms with Gasteiger partial charge in [-0.05, 0) is 25.7 Å². The number of piperidine rings is 1. The minimum Gasteiger partial charge on any atom is -0.481 e. The number of nitrogens with one attached hydrogen (secondary N) is 1. The highest BCUT2D eigenvalue weighted by Gasteiger charge is 2.42. The Labute approximate surface area is 141 Å². The van der Waals surface area contributed by atoms with Crippen LogP contribution in [0, 0.1) is 5.41 Å². The summed E-state index contributed by atoms with van der Waals surface area (Å²) in [6.07, 6.45) is 4.25. The molecule has 0 saturated carbocycles. The number of methoxy groups -OCH3 is 1. The minimum atomic E-state index is -0.763. The third-order valence-electron chi connectivity index (χ3n) is 4.43. The van der Waals surface area contributed by atoms with E-state index in [0.717, 1.165) is 19.4 Å². The van der Waals surface area contributed by atoms with Crippen LogP contribution in [0.3, 0.4) is 0 Å². The lowest BCUT2D eigenvalue weighted by molar-refractivity contribution is -0.150. The summed E-state index contributed by atoms with van der Waals surface area (Å²) in [5.74, 6) is 0.582. The molecular formula is C16H26N4O4. The third kappa shape index (κ3) is 4.55. The molecule has 0 bridgehead atoms. The summed E-state index contributed by atoms with van der Waals surface area (Å²) in [6, 6.07) is 1.79. The fourth-order valence-electron chi connectivity index (χ4n) is 3.17. The maximum absolute atomic E-state index is 11.9. The first-order valence-corrected chi connectivity index (χ1v) is 8.25. The number of aliphatic carboxylic acids is 1. The molecular weight excluding hydrogens is 312 g/mol. The number of hydrogen-bond acceptors (Lipinski definition) is 7. The topological polar surface area (TPSA) is 108 Å². The summed E-state index contributed by atoms with van der Waals surface area (Å²) >= 11 is 0. The van der Waals surface area contributed by atoms with Crippen LogP contribution in [0.4, 0.5) is 11.6 Å². The number of carboxylic acids is 1. The number of hydrogen-bond donors (Lipinski definition) is 3. The van der Waals surface area contributed by atoms with Gasteiger partial charge in [-0.3, -0.25) is 4.79 Å². The molecule has 0 spiro atoms. The molecule has 134 valence electrons. The van der Waals surface area contributed by atoms with E-state index in [-0.39, 0.29) is 6.61 Å². The fourth-order valence-corrected chi connectivity index (χ4v) is 3.17. The standard InChI is InChI=1S/C16H26N4O4/c1-24-9-3-5-16(15(22)23)4-2-7-20(11-16)14-10-13(17-6-8-21)18-12-19-14/h10,12,21H,2-9,11H2,1H3,(H,22,23)(H,17,18,19)/t16-/m0/s1. The third-order valence-corrected chi connectivity index (χ3v) is 4.43. The molecule has 24 heavy (non-hydrogen) atoms. The molecule has 1 aliphatic heterocycles. The van der Waals surface area contributed by atoms with Gasteiger partial charge in [-0.25, -0.2) is 9.97 Å². The molecule has 3 N–H and O–H groups in total. The molecule has 1 atom stereocenters. The van der Waals surface area contributed by atoms with Gasteiger partial charge in [0.2, 0.25) is 0 Å². The highest BCUT2D eigenvalue weighted by Crippen LogP contribution is 2.36. The smallest absolute Gasteiger partial charge is 0.311 e. The maximum Gasteiger partial charge on any atom is 0.311 e. The zero-order valence-corrected chi connectivity index (χ0v) is 14.1. The van der Waals surface area contributed by atoms with Crippen molar-refractivity contribution in [3.05, 3.63) is 12.4 Å². The Kier molecular flexibility index (Phi) is 6.74. The van der Waals surface area contributed by atoms with Gasteiger partial charge in [-0.1, -0.05) is 0 Å². The second-order valence-electron chi connectivity index (χ2n) is 6.12. The molecule has 0 aromatic carbocycles. The number of carboxylic acid groups (broad SMARTS) is 1. The quantitative estimate of drug-likeness (QED) is 0.572. The van der Waals surface area contributed by atoms with Gasteiger partial charge in [0, 0.05) is 39.4 Å². The lowest BCUT2D eigenvalue weighted by Gasteiger charge is -2.40. The van der Waals surface area contributed by atoms with Crippen LogP contribution in [0.15, 0.2) is 12.4 Å². The molecule has 1 aliphatic rings. The zero-order chi connectivity index (χ0) is 17.4. The minimum absolute atomic E-state index is 0.0185. The van der Waals surface area contributed by atoms with E-state index >= 15 is 0 Å². The van der Waals surface area contributed by atoms with Crippen LogP contribution >= 0.6 is 0 Å². The number of rotatable bonds is 9. The molecule has 2 heterocycles. The number of nitrogens with zero attached hydrogens (tertiary/aromatic N) is 3. The normalized spacial score (nSPS) is 20.8. The van der Waals surface area contributed by atoms with Crippen molar-refractivity contribution < 1.29 is 19.7 Å². The van der Waals surface area contributed by atoms with E-state index in [1.54, 1.807) is 13.2 Å². The van der Waals surface area contributed by atoms with Crippen molar-refractivity contribution in [3.63, 3.8) is 0 Å². The van der Waals surface area contributed by atoms with Crippen LogP contribution in [0.5, 0.6) is 0 Å². The lowest BCUT2D eigenvalue weighted by atomic mass is 9.76. The van der Waals surface area contributed by atoms with Gasteiger partial charge in [0.05, 0.1) is 12.0 Å². The summed E-state index contributed by atoms with van der Waals surface area (Å²) in [7, 11) is 1.63. The molecule has 8 heteroatoms. The second-order valence-corrected chi connectivity index (χ2v) is 6.12. The molecule has 8 nitrogen and oxygen atoms in total. The van der Waals surface area contributed by atoms with E-state index in [9.17, 15) is 9.90 Å². The highest BCUT2D eigenvalue weighted by atomic mass is 16.5. The molecule has 1 saturated heterocycles. The Morgan fingerprint density at radius 2 is 2.33 bits per heavy atom. The van der Waals surface area contributed by atoms with Crippen molar-refractivity contribution in [2.75, 3.05) is 50.2 Å². The maximum atomic E-state index is 11.9. The predicted molar refractivity (Wildman–Crippen MR) is 90.2 cm³/mol. The van der Waals surface area contributed by atoms with Crippen molar-refractivity contribution >= 4 is 17.6 Å². The summed E-state index contributed by atoms with van der Waals surface area (Å²) in [5.41, 5.74) is -0.763. The Morgan fingerprint density at radius 3 is 3.04 bits per heavy atom. The van der Waals surface area contributed by atoms with Gasteiger partial charge < -0.3 is 25.2 Å². The number of aliphatic hydroxyl groups excluding tert-OH is 1. The SMILES string of the molecule is COCCC[C@@]1(C(=O)O)CCCN(c2cc(NCCO)ncn2)C1. The van der Waals surface area contributed by atoms with Crippen LogP contribution in [0.1, 0.15) is 25.7 Å². The zero-order valence-electron chi connectivity index (χ0n) is 14.1. The summed E-state index contributed by atoms with van der Waals surface area (Å²) < 4.78 is 5.07. The van der Waals surface area contributed by atoms with E-state index in [1.165, 1.54) is 6.33 Å². The van der Waals surface area contributed by atoms with Crippen molar-refractivity contribution in [1.82, 2.24) is 9.97 Å². The van der Waals surface area contributed by atoms with Crippen LogP contribution in [0.25, 0.3) is 0 Å². The number of anilines is 2. The van der Waals surface area contributed by atoms with E-state index in [4.69, 9.17) is 9.84 Å². The van der Waals surface area contributed by atoms with E-state index in [1.807, 2.05) is 4.90 Å². The molecule has 1 aromatic heterocycles. The molecule has 0 aliphatic carbocycles. The Balaban J connectivity index is 2.11. The van der Waals surface area contributed by atoms with Crippen molar-refractivity contribution in [3.8, 4) is 0 Å². The van der Waals surface area contributed by atoms with Crippen molar-refractivity contribution in [2.24, 2.45) is 5.41 Å². The van der Waals surface area contributed by atoms with Gasteiger partial charge in [0.15, 0.2) is 0 Å². The largest absolute Gasteiger partial charge is 0.481 e. The van der Waals surface area contributed by atoms with Gasteiger partial charge in [-0.2, -0.15) is 0 Å². The van der Waals surface area contributed by atoms with Crippen LogP contribution in [0.2, 0.25) is 0 Å². The number of carbonyl (C=O) groups is 1. The molecule has 0 radical (unpaired) electrons. The average Bonchev–Trinajstić information content (AvgIpc) is 2.60. The predicted octanol–water partition coefficient (Wildman–Crippen LogP) is 0.979. The van der Waals surface area contributed by atoms with Crippen molar-refractivity contribution in [1.29, 1.82) is 0 Å². The van der Waals surface area contributed by atoms with Crippen LogP contribution in [-0.4, -0.2) is 66.1 Å². The second kappa shape index (κ2) is 8.79. The molecule has 2 rings (SSSR count). The van der Waals surface area contributed by atoms with Crippen LogP contribution in [-0.2, 0) is 9.53 Å². The highest BCUT2D eigenvalue weighted by molar-refractivity contribution is 5.76. The first-order valence-electron chi connectivity index (χ1n) is 8.25. The Hall–Kier alpha value is -1.93. The van der Waals surface area contributed by atoms with Gasteiger partial charge in [-0.15, -0.1) is 0 Å². The number of aromatic nitrogens is 2. The molecule has 1 aromatic rings. The van der Waals surface area contributed by atoms with Crippen LogP contribution < -0.4 is 10.2 Å². The molecule has 1 fully saturated rings. The Bertz CT molecular complexity index is 543. The number of ether oxygens (including phenoxy) is 1. The first kappa shape index (κ1) is 18.4. The lowest BCUT2D eigenvalue weighted by Crippen LogP contribution is -2.48. The van der Waals surface area contributed by atoms with Gasteiger partial charge >= 0.3 is 5.97 Å². The van der Waals surface area contributed by atoms with Gasteiger partial charge in [0.1, 0.15) is 18.0 Å². The van der Waals surface area contributed by atoms with Crippen molar-refractivity contribution in [2.45, 2.75) is 25.7 Å². The monoisotopic (exact) mass is 338 g/mol. The van der Waals surface area contributed by atoms with E-state index in [2.05, 4.69) is 15.3 Å². The van der Waals surface area contributed by atoms with Gasteiger partial charge in [0.25, 0.3) is 0 Å². The average molecular weight is 338 g/mol. The summed E-state index contributed by atoms with van der Waals surface area (Å²) in [6.45, 7) is 2.20. The summed E-state index contributed by atoms with van der Waals surface area (Å²) in [5, 5.41) is 21.7. The molecule has 0 unspecified atom stereocenters. The Morgan fingerprint density at radius 1 is 1.50 bits per heavy atom. The van der Waals surface area contributed by atoms with E-state index < -0.39 is 11.4 Å².